The van der Waals surface area contributed by atoms with Crippen molar-refractivity contribution in [1.82, 2.24) is 24.3 Å². The zero-order valence-electron chi connectivity index (χ0n) is 15.8. The minimum Gasteiger partial charge on any atom is -0.316 e. The molecule has 146 valence electrons. The summed E-state index contributed by atoms with van der Waals surface area (Å²) in [6, 6.07) is -0.183. The lowest BCUT2D eigenvalue weighted by Crippen LogP contribution is -2.44. The number of nitrogens with zero attached hydrogens (tertiary/aromatic N) is 6. The van der Waals surface area contributed by atoms with Crippen LogP contribution in [0.4, 0.5) is 9.93 Å². The number of aromatic nitrogens is 2. The Kier molecular flexibility index (Phi) is 5.01. The third-order valence-electron chi connectivity index (χ3n) is 4.71. The van der Waals surface area contributed by atoms with Gasteiger partial charge in [0.15, 0.2) is 0 Å². The lowest BCUT2D eigenvalue weighted by molar-refractivity contribution is 0.163. The number of likely N-dealkylation sites (N-methyl/N-ethyl adjacent to an activating group) is 1. The maximum Gasteiger partial charge on any atom is 0.328 e. The lowest BCUT2D eigenvalue weighted by Gasteiger charge is -2.31. The molecule has 1 aromatic heterocycles. The highest BCUT2D eigenvalue weighted by molar-refractivity contribution is 7.91. The van der Waals surface area contributed by atoms with Crippen LogP contribution in [0.5, 0.6) is 0 Å². The molecular weight excluding hydrogens is 376 g/mol. The minimum absolute atomic E-state index is 0.0473. The summed E-state index contributed by atoms with van der Waals surface area (Å²) in [5.41, 5.74) is -0.338. The number of amides is 2. The second kappa shape index (κ2) is 6.70. The maximum atomic E-state index is 13.0. The number of anilines is 1. The van der Waals surface area contributed by atoms with Crippen molar-refractivity contribution < 1.29 is 13.2 Å². The van der Waals surface area contributed by atoms with Crippen molar-refractivity contribution in [2.24, 2.45) is 0 Å². The predicted molar refractivity (Wildman–Crippen MR) is 99.7 cm³/mol. The largest absolute Gasteiger partial charge is 0.328 e. The van der Waals surface area contributed by atoms with Crippen molar-refractivity contribution in [2.45, 2.75) is 49.7 Å². The van der Waals surface area contributed by atoms with Gasteiger partial charge in [-0.25, -0.2) is 18.1 Å². The topological polar surface area (TPSA) is 90.0 Å². The zero-order chi connectivity index (χ0) is 19.3. The van der Waals surface area contributed by atoms with Gasteiger partial charge in [0.2, 0.25) is 9.47 Å². The first-order valence-electron chi connectivity index (χ1n) is 8.64. The lowest BCUT2D eigenvalue weighted by atomic mass is 10.1. The van der Waals surface area contributed by atoms with E-state index in [9.17, 15) is 13.2 Å². The Morgan fingerprint density at radius 2 is 1.77 bits per heavy atom. The molecule has 11 heteroatoms. The molecule has 2 amide bonds. The van der Waals surface area contributed by atoms with Gasteiger partial charge in [-0.15, -0.1) is 10.2 Å². The summed E-state index contributed by atoms with van der Waals surface area (Å²) in [6.45, 7) is 7.47. The summed E-state index contributed by atoms with van der Waals surface area (Å²) in [5, 5.41) is 8.27. The number of hydrogen-bond donors (Lipinski definition) is 0. The molecule has 1 aromatic rings. The molecular formula is C15H26N6O3S2. The predicted octanol–water partition coefficient (Wildman–Crippen LogP) is 1.25. The fourth-order valence-electron chi connectivity index (χ4n) is 3.19. The van der Waals surface area contributed by atoms with Gasteiger partial charge >= 0.3 is 6.03 Å². The monoisotopic (exact) mass is 402 g/mol. The molecule has 0 bridgehead atoms. The van der Waals surface area contributed by atoms with E-state index in [2.05, 4.69) is 10.2 Å². The molecule has 0 radical (unpaired) electrons. The van der Waals surface area contributed by atoms with E-state index in [1.165, 1.54) is 4.31 Å². The molecule has 2 fully saturated rings. The van der Waals surface area contributed by atoms with Gasteiger partial charge < -0.3 is 4.90 Å². The van der Waals surface area contributed by atoms with E-state index in [-0.39, 0.29) is 22.1 Å². The summed E-state index contributed by atoms with van der Waals surface area (Å²) in [6.07, 6.45) is 1.49. The summed E-state index contributed by atoms with van der Waals surface area (Å²) in [4.78, 5) is 18.2. The fourth-order valence-corrected chi connectivity index (χ4v) is 5.87. The van der Waals surface area contributed by atoms with Crippen molar-refractivity contribution in [3.05, 3.63) is 0 Å². The minimum atomic E-state index is -3.63. The quantitative estimate of drug-likeness (QED) is 0.704. The van der Waals surface area contributed by atoms with Crippen LogP contribution in [-0.4, -0.2) is 84.2 Å². The van der Waals surface area contributed by atoms with Gasteiger partial charge in [-0.3, -0.25) is 4.90 Å². The van der Waals surface area contributed by atoms with E-state index in [1.54, 1.807) is 9.80 Å². The molecule has 1 atom stereocenters. The molecule has 0 N–H and O–H groups in total. The summed E-state index contributed by atoms with van der Waals surface area (Å²) < 4.78 is 26.8. The molecule has 0 aliphatic carbocycles. The van der Waals surface area contributed by atoms with Crippen LogP contribution in [0.15, 0.2) is 4.34 Å². The molecule has 0 spiro atoms. The van der Waals surface area contributed by atoms with E-state index < -0.39 is 10.0 Å². The van der Waals surface area contributed by atoms with E-state index in [1.807, 2.05) is 39.8 Å². The van der Waals surface area contributed by atoms with Crippen molar-refractivity contribution in [1.29, 1.82) is 0 Å². The molecule has 2 aliphatic heterocycles. The second-order valence-electron chi connectivity index (χ2n) is 7.84. The normalized spacial score (nSPS) is 22.8. The van der Waals surface area contributed by atoms with E-state index in [0.29, 0.717) is 24.8 Å². The molecule has 1 unspecified atom stereocenters. The molecule has 3 rings (SSSR count). The first kappa shape index (κ1) is 19.5. The van der Waals surface area contributed by atoms with Crippen molar-refractivity contribution in [2.75, 3.05) is 38.6 Å². The van der Waals surface area contributed by atoms with Crippen LogP contribution in [-0.2, 0) is 10.0 Å². The van der Waals surface area contributed by atoms with E-state index >= 15 is 0 Å². The Morgan fingerprint density at radius 1 is 1.15 bits per heavy atom. The highest BCUT2D eigenvalue weighted by Gasteiger charge is 2.45. The van der Waals surface area contributed by atoms with Crippen LogP contribution in [0, 0.1) is 0 Å². The Balaban J connectivity index is 1.93. The first-order chi connectivity index (χ1) is 12.0. The first-order valence-corrected chi connectivity index (χ1v) is 10.9. The van der Waals surface area contributed by atoms with Gasteiger partial charge in [0.05, 0.1) is 6.54 Å². The maximum absolute atomic E-state index is 13.0. The SMILES string of the molecule is CN(C)C1CN(C(C)(C)C)C(=O)N1c1nnc(S(=O)(=O)N2CCCC2)s1. The van der Waals surface area contributed by atoms with Gasteiger partial charge in [0, 0.05) is 18.6 Å². The van der Waals surface area contributed by atoms with Gasteiger partial charge in [-0.05, 0) is 47.7 Å². The molecule has 2 aliphatic rings. The molecule has 0 saturated carbocycles. The van der Waals surface area contributed by atoms with Crippen molar-refractivity contribution >= 4 is 32.5 Å². The van der Waals surface area contributed by atoms with Crippen LogP contribution in [0.2, 0.25) is 0 Å². The number of urea groups is 1. The van der Waals surface area contributed by atoms with E-state index in [0.717, 1.165) is 24.2 Å². The average molecular weight is 403 g/mol. The average Bonchev–Trinajstić information content (AvgIpc) is 3.25. The number of carbonyl (C=O) groups is 1. The van der Waals surface area contributed by atoms with Crippen molar-refractivity contribution in [3.8, 4) is 0 Å². The summed E-state index contributed by atoms with van der Waals surface area (Å²) in [7, 11) is 0.146. The zero-order valence-corrected chi connectivity index (χ0v) is 17.5. The number of rotatable bonds is 4. The summed E-state index contributed by atoms with van der Waals surface area (Å²) in [5.74, 6) is 0. The Morgan fingerprint density at radius 3 is 2.31 bits per heavy atom. The molecule has 2 saturated heterocycles. The third-order valence-corrected chi connectivity index (χ3v) is 7.88. The molecule has 26 heavy (non-hydrogen) atoms. The standard InChI is InChI=1S/C15H26N6O3S2/c1-15(2,3)20-10-11(18(4)5)21(14(20)22)12-16-17-13(25-12)26(23,24)19-8-6-7-9-19/h11H,6-10H2,1-5H3. The number of hydrogen-bond acceptors (Lipinski definition) is 7. The Labute approximate surface area is 158 Å². The van der Waals surface area contributed by atoms with E-state index in [4.69, 9.17) is 0 Å². The third kappa shape index (κ3) is 3.32. The highest BCUT2D eigenvalue weighted by atomic mass is 32.2. The Bertz CT molecular complexity index is 780. The smallest absolute Gasteiger partial charge is 0.316 e. The molecule has 9 nitrogen and oxygen atoms in total. The van der Waals surface area contributed by atoms with Crippen LogP contribution in [0.1, 0.15) is 33.6 Å². The van der Waals surface area contributed by atoms with Crippen LogP contribution < -0.4 is 4.90 Å². The van der Waals surface area contributed by atoms with Crippen LogP contribution in [0.25, 0.3) is 0 Å². The van der Waals surface area contributed by atoms with Crippen LogP contribution >= 0.6 is 11.3 Å². The van der Waals surface area contributed by atoms with Gasteiger partial charge in [-0.1, -0.05) is 11.3 Å². The number of sulfonamides is 1. The highest BCUT2D eigenvalue weighted by Crippen LogP contribution is 2.34. The van der Waals surface area contributed by atoms with Gasteiger partial charge in [0.1, 0.15) is 6.17 Å². The van der Waals surface area contributed by atoms with Crippen LogP contribution in [0.3, 0.4) is 0 Å². The summed E-state index contributed by atoms with van der Waals surface area (Å²) >= 11 is 0.961. The molecule has 0 aromatic carbocycles. The van der Waals surface area contributed by atoms with Gasteiger partial charge in [-0.2, -0.15) is 4.31 Å². The van der Waals surface area contributed by atoms with Crippen molar-refractivity contribution in [3.63, 3.8) is 0 Å². The fraction of sp³-hybridized carbons (Fsp3) is 0.800. The molecule has 3 heterocycles. The van der Waals surface area contributed by atoms with Gasteiger partial charge in [0.25, 0.3) is 10.0 Å². The second-order valence-corrected chi connectivity index (χ2v) is 10.9. The number of carbonyl (C=O) groups excluding carboxylic acids is 1. The Hall–Kier alpha value is -1.30.